The van der Waals surface area contributed by atoms with Gasteiger partial charge in [0.2, 0.25) is 11.8 Å². The lowest BCUT2D eigenvalue weighted by Gasteiger charge is -2.15. The molecule has 0 aromatic heterocycles. The standard InChI is InChI=1S/C14H16N2O6.C6H6/c1-7(17)15-11-5-14(22-10(4)20)12(16-8(2)18)6-13(11)21-9(3)19;1-2-4-6-5-3-1/h5-6H,1-4H3,(H,15,17)(H,16,18);1-6H. The summed E-state index contributed by atoms with van der Waals surface area (Å²) in [6.07, 6.45) is 0. The van der Waals surface area contributed by atoms with Crippen LogP contribution < -0.4 is 20.1 Å². The zero-order valence-corrected chi connectivity index (χ0v) is 16.1. The largest absolute Gasteiger partial charge is 0.424 e. The number of rotatable bonds is 4. The number of hydrogen-bond acceptors (Lipinski definition) is 6. The molecule has 0 saturated carbocycles. The molecule has 28 heavy (non-hydrogen) atoms. The molecule has 148 valence electrons. The maximum atomic E-state index is 11.2. The van der Waals surface area contributed by atoms with Gasteiger partial charge < -0.3 is 20.1 Å². The normalized spacial score (nSPS) is 9.29. The van der Waals surface area contributed by atoms with Crippen molar-refractivity contribution in [1.29, 1.82) is 0 Å². The molecule has 0 saturated heterocycles. The molecule has 0 atom stereocenters. The van der Waals surface area contributed by atoms with Crippen LogP contribution in [0.2, 0.25) is 0 Å². The summed E-state index contributed by atoms with van der Waals surface area (Å²) < 4.78 is 9.97. The van der Waals surface area contributed by atoms with Crippen molar-refractivity contribution < 1.29 is 28.7 Å². The first-order chi connectivity index (χ1) is 13.2. The number of ether oxygens (including phenoxy) is 2. The number of carbonyl (C=O) groups excluding carboxylic acids is 4. The highest BCUT2D eigenvalue weighted by molar-refractivity contribution is 5.96. The second kappa shape index (κ2) is 11.1. The Morgan fingerprint density at radius 3 is 1.11 bits per heavy atom. The van der Waals surface area contributed by atoms with Gasteiger partial charge in [0.25, 0.3) is 0 Å². The molecule has 8 nitrogen and oxygen atoms in total. The topological polar surface area (TPSA) is 111 Å². The fourth-order valence-corrected chi connectivity index (χ4v) is 2.00. The molecule has 0 heterocycles. The van der Waals surface area contributed by atoms with E-state index in [1.165, 1.54) is 39.8 Å². The highest BCUT2D eigenvalue weighted by Gasteiger charge is 2.16. The van der Waals surface area contributed by atoms with Gasteiger partial charge in [-0.25, -0.2) is 0 Å². The highest BCUT2D eigenvalue weighted by Crippen LogP contribution is 2.37. The fourth-order valence-electron chi connectivity index (χ4n) is 2.00. The van der Waals surface area contributed by atoms with E-state index in [2.05, 4.69) is 10.6 Å². The average molecular weight is 386 g/mol. The van der Waals surface area contributed by atoms with Gasteiger partial charge in [-0.1, -0.05) is 36.4 Å². The van der Waals surface area contributed by atoms with Crippen LogP contribution in [0.3, 0.4) is 0 Å². The van der Waals surface area contributed by atoms with Crippen LogP contribution in [0.15, 0.2) is 48.5 Å². The average Bonchev–Trinajstić information content (AvgIpc) is 2.59. The predicted octanol–water partition coefficient (Wildman–Crippen LogP) is 3.14. The third-order valence-electron chi connectivity index (χ3n) is 2.88. The molecule has 2 aromatic carbocycles. The van der Waals surface area contributed by atoms with Crippen LogP contribution in [0.5, 0.6) is 11.5 Å². The van der Waals surface area contributed by atoms with Crippen LogP contribution in [-0.4, -0.2) is 23.8 Å². The number of hydrogen-bond donors (Lipinski definition) is 2. The molecule has 0 aliphatic heterocycles. The Labute approximate surface area is 162 Å². The summed E-state index contributed by atoms with van der Waals surface area (Å²) in [5.74, 6) is -2.00. The summed E-state index contributed by atoms with van der Waals surface area (Å²) in [7, 11) is 0. The Balaban J connectivity index is 0.000000552. The van der Waals surface area contributed by atoms with Gasteiger partial charge in [-0.3, -0.25) is 19.2 Å². The summed E-state index contributed by atoms with van der Waals surface area (Å²) in [6.45, 7) is 4.92. The quantitative estimate of drug-likeness (QED) is 0.617. The minimum Gasteiger partial charge on any atom is -0.424 e. The lowest BCUT2D eigenvalue weighted by molar-refractivity contribution is -0.133. The van der Waals surface area contributed by atoms with E-state index in [9.17, 15) is 19.2 Å². The Morgan fingerprint density at radius 2 is 0.893 bits per heavy atom. The van der Waals surface area contributed by atoms with Crippen molar-refractivity contribution >= 4 is 35.1 Å². The van der Waals surface area contributed by atoms with Gasteiger partial charge in [0.1, 0.15) is 0 Å². The molecular formula is C20H22N2O6. The molecule has 2 N–H and O–H groups in total. The number of amides is 2. The third kappa shape index (κ3) is 8.61. The van der Waals surface area contributed by atoms with E-state index in [0.29, 0.717) is 0 Å². The molecule has 8 heteroatoms. The van der Waals surface area contributed by atoms with Crippen molar-refractivity contribution in [3.05, 3.63) is 48.5 Å². The van der Waals surface area contributed by atoms with E-state index in [4.69, 9.17) is 9.47 Å². The highest BCUT2D eigenvalue weighted by atomic mass is 16.5. The Bertz CT molecular complexity index is 716. The fraction of sp³-hybridized carbons (Fsp3) is 0.200. The molecule has 2 amide bonds. The summed E-state index contributed by atoms with van der Waals surface area (Å²) in [6, 6.07) is 14.6. The maximum absolute atomic E-state index is 11.2. The molecule has 0 fully saturated rings. The Hall–Kier alpha value is -3.68. The van der Waals surface area contributed by atoms with Crippen molar-refractivity contribution in [3.8, 4) is 11.5 Å². The maximum Gasteiger partial charge on any atom is 0.308 e. The number of carbonyl (C=O) groups is 4. The van der Waals surface area contributed by atoms with Crippen molar-refractivity contribution in [3.63, 3.8) is 0 Å². The van der Waals surface area contributed by atoms with E-state index in [0.717, 1.165) is 0 Å². The zero-order chi connectivity index (χ0) is 21.1. The van der Waals surface area contributed by atoms with Crippen LogP contribution in [-0.2, 0) is 19.2 Å². The molecule has 0 radical (unpaired) electrons. The smallest absolute Gasteiger partial charge is 0.308 e. The van der Waals surface area contributed by atoms with E-state index >= 15 is 0 Å². The van der Waals surface area contributed by atoms with E-state index in [1.54, 1.807) is 0 Å². The first kappa shape index (κ1) is 22.4. The zero-order valence-electron chi connectivity index (χ0n) is 16.1. The molecule has 0 aliphatic carbocycles. The molecule has 2 aromatic rings. The lowest BCUT2D eigenvalue weighted by Crippen LogP contribution is -2.14. The second-order valence-corrected chi connectivity index (χ2v) is 5.55. The van der Waals surface area contributed by atoms with Crippen molar-refractivity contribution in [2.75, 3.05) is 10.6 Å². The third-order valence-corrected chi connectivity index (χ3v) is 2.88. The SMILES string of the molecule is CC(=O)Nc1cc(OC(C)=O)c(NC(C)=O)cc1OC(C)=O.c1ccccc1. The second-order valence-electron chi connectivity index (χ2n) is 5.55. The molecule has 0 spiro atoms. The number of benzene rings is 2. The van der Waals surface area contributed by atoms with E-state index in [1.807, 2.05) is 36.4 Å². The Morgan fingerprint density at radius 1 is 0.607 bits per heavy atom. The predicted molar refractivity (Wildman–Crippen MR) is 104 cm³/mol. The van der Waals surface area contributed by atoms with Crippen LogP contribution in [0.4, 0.5) is 11.4 Å². The van der Waals surface area contributed by atoms with Crippen LogP contribution in [0.25, 0.3) is 0 Å². The van der Waals surface area contributed by atoms with Crippen LogP contribution in [0, 0.1) is 0 Å². The molecular weight excluding hydrogens is 364 g/mol. The summed E-state index contributed by atoms with van der Waals surface area (Å²) in [5.41, 5.74) is 0.265. The van der Waals surface area contributed by atoms with Crippen LogP contribution in [0.1, 0.15) is 27.7 Å². The summed E-state index contributed by atoms with van der Waals surface area (Å²) in [5, 5.41) is 4.91. The van der Waals surface area contributed by atoms with Gasteiger partial charge in [-0.2, -0.15) is 0 Å². The monoisotopic (exact) mass is 386 g/mol. The molecule has 2 rings (SSSR count). The van der Waals surface area contributed by atoms with E-state index < -0.39 is 23.8 Å². The van der Waals surface area contributed by atoms with Crippen molar-refractivity contribution in [2.24, 2.45) is 0 Å². The van der Waals surface area contributed by atoms with Gasteiger partial charge in [0.15, 0.2) is 11.5 Å². The number of anilines is 2. The van der Waals surface area contributed by atoms with Gasteiger partial charge in [0, 0.05) is 39.8 Å². The minimum absolute atomic E-state index is 0.0161. The lowest BCUT2D eigenvalue weighted by atomic mass is 10.2. The first-order valence-corrected chi connectivity index (χ1v) is 8.29. The number of nitrogens with one attached hydrogen (secondary N) is 2. The van der Waals surface area contributed by atoms with Gasteiger partial charge in [0.05, 0.1) is 11.4 Å². The van der Waals surface area contributed by atoms with Gasteiger partial charge in [-0.05, 0) is 0 Å². The van der Waals surface area contributed by atoms with Crippen LogP contribution >= 0.6 is 0 Å². The minimum atomic E-state index is -0.611. The first-order valence-electron chi connectivity index (χ1n) is 8.29. The van der Waals surface area contributed by atoms with Crippen molar-refractivity contribution in [2.45, 2.75) is 27.7 Å². The number of esters is 2. The molecule has 0 aliphatic rings. The van der Waals surface area contributed by atoms with Gasteiger partial charge in [-0.15, -0.1) is 0 Å². The van der Waals surface area contributed by atoms with E-state index in [-0.39, 0.29) is 22.9 Å². The van der Waals surface area contributed by atoms with Gasteiger partial charge >= 0.3 is 11.9 Å². The summed E-state index contributed by atoms with van der Waals surface area (Å²) in [4.78, 5) is 44.7. The molecule has 0 unspecified atom stereocenters. The summed E-state index contributed by atoms with van der Waals surface area (Å²) >= 11 is 0. The molecule has 0 bridgehead atoms. The Kier molecular flexibility index (Phi) is 8.88. The van der Waals surface area contributed by atoms with Crippen molar-refractivity contribution in [1.82, 2.24) is 0 Å².